The molecule has 33 heavy (non-hydrogen) atoms. The largest absolute Gasteiger partial charge is 0.449 e. The molecule has 7 heteroatoms. The van der Waals surface area contributed by atoms with Crippen LogP contribution in [0.25, 0.3) is 6.08 Å². The van der Waals surface area contributed by atoms with Crippen LogP contribution in [0.1, 0.15) is 15.9 Å². The summed E-state index contributed by atoms with van der Waals surface area (Å²) in [6.07, 6.45) is 1.69. The Kier molecular flexibility index (Phi) is 5.75. The molecule has 6 nitrogen and oxygen atoms in total. The molecule has 0 unspecified atom stereocenters. The number of rotatable bonds is 3. The molecule has 2 heterocycles. The Morgan fingerprint density at radius 3 is 2.48 bits per heavy atom. The molecule has 2 aliphatic heterocycles. The molecule has 0 saturated carbocycles. The summed E-state index contributed by atoms with van der Waals surface area (Å²) < 4.78 is 5.81. The summed E-state index contributed by atoms with van der Waals surface area (Å²) in [6, 6.07) is 22.4. The van der Waals surface area contributed by atoms with Crippen LogP contribution in [0.5, 0.6) is 5.75 Å². The van der Waals surface area contributed by atoms with Crippen molar-refractivity contribution in [3.05, 3.63) is 94.7 Å². The van der Waals surface area contributed by atoms with E-state index in [0.717, 1.165) is 24.3 Å². The lowest BCUT2D eigenvalue weighted by Crippen LogP contribution is -2.48. The zero-order chi connectivity index (χ0) is 22.8. The minimum atomic E-state index is -0.342. The Morgan fingerprint density at radius 2 is 1.73 bits per heavy atom. The van der Waals surface area contributed by atoms with Gasteiger partial charge in [-0.25, -0.2) is 0 Å². The summed E-state index contributed by atoms with van der Waals surface area (Å²) >= 11 is 6.11. The first-order chi connectivity index (χ1) is 16.1. The molecule has 3 aromatic rings. The number of hydrogen-bond donors (Lipinski definition) is 1. The molecule has 0 bridgehead atoms. The minimum Gasteiger partial charge on any atom is -0.449 e. The first-order valence-corrected chi connectivity index (χ1v) is 11.1. The molecule has 0 atom stereocenters. The Labute approximate surface area is 197 Å². The Hall–Kier alpha value is -3.77. The quantitative estimate of drug-likeness (QED) is 0.578. The van der Waals surface area contributed by atoms with Crippen molar-refractivity contribution in [1.29, 1.82) is 0 Å². The van der Waals surface area contributed by atoms with Crippen molar-refractivity contribution < 1.29 is 14.3 Å². The predicted molar refractivity (Wildman–Crippen MR) is 130 cm³/mol. The summed E-state index contributed by atoms with van der Waals surface area (Å²) in [6.45, 7) is 2.67. The fraction of sp³-hybridized carbons (Fsp3) is 0.154. The SMILES string of the molecule is O=C1Nc2cc(C(=O)N3CCN(c4cccc(Cl)c4)CC3)ccc2O/C1=C/c1ccccc1. The molecular weight excluding hydrogens is 438 g/mol. The predicted octanol–water partition coefficient (Wildman–Crippen LogP) is 4.67. The normalized spacial score (nSPS) is 16.8. The first kappa shape index (κ1) is 21.1. The van der Waals surface area contributed by atoms with Crippen molar-refractivity contribution in [3.8, 4) is 5.75 Å². The summed E-state index contributed by atoms with van der Waals surface area (Å²) in [5, 5.41) is 3.54. The van der Waals surface area contributed by atoms with Crippen molar-refractivity contribution in [1.82, 2.24) is 4.90 Å². The number of halogens is 1. The number of anilines is 2. The number of benzene rings is 3. The molecule has 2 amide bonds. The van der Waals surface area contributed by atoms with Gasteiger partial charge in [0.1, 0.15) is 0 Å². The van der Waals surface area contributed by atoms with Crippen LogP contribution < -0.4 is 15.0 Å². The summed E-state index contributed by atoms with van der Waals surface area (Å²) in [5.74, 6) is 0.318. The monoisotopic (exact) mass is 459 g/mol. The van der Waals surface area contributed by atoms with Gasteiger partial charge < -0.3 is 19.9 Å². The molecule has 0 radical (unpaired) electrons. The third-order valence-electron chi connectivity index (χ3n) is 5.76. The number of ether oxygens (including phenoxy) is 1. The van der Waals surface area contributed by atoms with Crippen LogP contribution in [0.4, 0.5) is 11.4 Å². The molecule has 3 aromatic carbocycles. The number of carbonyl (C=O) groups excluding carboxylic acids is 2. The number of nitrogens with one attached hydrogen (secondary N) is 1. The number of carbonyl (C=O) groups is 2. The standard InChI is InChI=1S/C26H22ClN3O3/c27-20-7-4-8-21(17-20)29-11-13-30(14-12-29)26(32)19-9-10-23-22(16-19)28-25(31)24(33-23)15-18-5-2-1-3-6-18/h1-10,15-17H,11-14H2,(H,28,31)/b24-15+. The summed E-state index contributed by atoms with van der Waals surface area (Å²) in [5.41, 5.74) is 2.94. The van der Waals surface area contributed by atoms with Crippen LogP contribution >= 0.6 is 11.6 Å². The summed E-state index contributed by atoms with van der Waals surface area (Å²) in [4.78, 5) is 29.7. The lowest BCUT2D eigenvalue weighted by Gasteiger charge is -2.36. The van der Waals surface area contributed by atoms with E-state index < -0.39 is 0 Å². The highest BCUT2D eigenvalue weighted by Gasteiger charge is 2.26. The van der Waals surface area contributed by atoms with Gasteiger partial charge in [0, 0.05) is 42.5 Å². The van der Waals surface area contributed by atoms with E-state index in [1.54, 1.807) is 24.3 Å². The van der Waals surface area contributed by atoms with Gasteiger partial charge >= 0.3 is 0 Å². The van der Waals surface area contributed by atoms with E-state index in [2.05, 4.69) is 10.2 Å². The molecule has 166 valence electrons. The molecule has 0 aliphatic carbocycles. The Balaban J connectivity index is 1.27. The van der Waals surface area contributed by atoms with Gasteiger partial charge in [0.25, 0.3) is 11.8 Å². The third-order valence-corrected chi connectivity index (χ3v) is 5.99. The van der Waals surface area contributed by atoms with Gasteiger partial charge in [-0.05, 0) is 48.0 Å². The van der Waals surface area contributed by atoms with E-state index in [1.807, 2.05) is 59.5 Å². The minimum absolute atomic E-state index is 0.0663. The van der Waals surface area contributed by atoms with Crippen molar-refractivity contribution in [3.63, 3.8) is 0 Å². The van der Waals surface area contributed by atoms with E-state index in [-0.39, 0.29) is 17.6 Å². The number of hydrogen-bond acceptors (Lipinski definition) is 4. The number of amides is 2. The average molecular weight is 460 g/mol. The van der Waals surface area contributed by atoms with Crippen molar-refractivity contribution in [2.24, 2.45) is 0 Å². The van der Waals surface area contributed by atoms with Gasteiger partial charge in [-0.15, -0.1) is 0 Å². The van der Waals surface area contributed by atoms with Crippen LogP contribution in [0.15, 0.2) is 78.6 Å². The fourth-order valence-corrected chi connectivity index (χ4v) is 4.20. The van der Waals surface area contributed by atoms with E-state index in [0.29, 0.717) is 35.1 Å². The zero-order valence-corrected chi connectivity index (χ0v) is 18.6. The maximum Gasteiger partial charge on any atom is 0.291 e. The number of fused-ring (bicyclic) bond motifs is 1. The molecule has 2 aliphatic rings. The van der Waals surface area contributed by atoms with Gasteiger partial charge in [-0.2, -0.15) is 0 Å². The molecule has 1 N–H and O–H groups in total. The van der Waals surface area contributed by atoms with Gasteiger partial charge in [0.15, 0.2) is 11.5 Å². The second kappa shape index (κ2) is 9.00. The van der Waals surface area contributed by atoms with Crippen LogP contribution in [0, 0.1) is 0 Å². The van der Waals surface area contributed by atoms with Crippen molar-refractivity contribution >= 4 is 40.9 Å². The molecule has 0 spiro atoms. The number of piperazine rings is 1. The topological polar surface area (TPSA) is 61.9 Å². The smallest absolute Gasteiger partial charge is 0.291 e. The van der Waals surface area contributed by atoms with Crippen molar-refractivity contribution in [2.45, 2.75) is 0 Å². The third kappa shape index (κ3) is 4.56. The number of nitrogens with zero attached hydrogens (tertiary/aromatic N) is 2. The van der Waals surface area contributed by atoms with Gasteiger partial charge in [0.05, 0.1) is 5.69 Å². The summed E-state index contributed by atoms with van der Waals surface area (Å²) in [7, 11) is 0. The highest BCUT2D eigenvalue weighted by Crippen LogP contribution is 2.33. The fourth-order valence-electron chi connectivity index (χ4n) is 4.02. The van der Waals surface area contributed by atoms with Crippen LogP contribution in [-0.2, 0) is 4.79 Å². The molecule has 5 rings (SSSR count). The highest BCUT2D eigenvalue weighted by molar-refractivity contribution is 6.30. The maximum absolute atomic E-state index is 13.1. The van der Waals surface area contributed by atoms with Crippen LogP contribution in [0.2, 0.25) is 5.02 Å². The van der Waals surface area contributed by atoms with E-state index in [9.17, 15) is 9.59 Å². The lowest BCUT2D eigenvalue weighted by atomic mass is 10.1. The van der Waals surface area contributed by atoms with E-state index >= 15 is 0 Å². The maximum atomic E-state index is 13.1. The Bertz CT molecular complexity index is 1230. The van der Waals surface area contributed by atoms with Gasteiger partial charge in [0.2, 0.25) is 0 Å². The highest BCUT2D eigenvalue weighted by atomic mass is 35.5. The van der Waals surface area contributed by atoms with Gasteiger partial charge in [-0.1, -0.05) is 48.0 Å². The molecule has 0 aromatic heterocycles. The Morgan fingerprint density at radius 1 is 0.939 bits per heavy atom. The van der Waals surface area contributed by atoms with Crippen LogP contribution in [-0.4, -0.2) is 42.9 Å². The van der Waals surface area contributed by atoms with Crippen molar-refractivity contribution in [2.75, 3.05) is 36.4 Å². The van der Waals surface area contributed by atoms with E-state index in [4.69, 9.17) is 16.3 Å². The molecule has 1 saturated heterocycles. The second-order valence-electron chi connectivity index (χ2n) is 7.95. The second-order valence-corrected chi connectivity index (χ2v) is 8.38. The molecule has 1 fully saturated rings. The molecular formula is C26H22ClN3O3. The average Bonchev–Trinajstić information content (AvgIpc) is 2.84. The zero-order valence-electron chi connectivity index (χ0n) is 17.8. The first-order valence-electron chi connectivity index (χ1n) is 10.8. The van der Waals surface area contributed by atoms with Gasteiger partial charge in [-0.3, -0.25) is 9.59 Å². The van der Waals surface area contributed by atoms with E-state index in [1.165, 1.54) is 0 Å². The van der Waals surface area contributed by atoms with Crippen LogP contribution in [0.3, 0.4) is 0 Å². The lowest BCUT2D eigenvalue weighted by molar-refractivity contribution is -0.115.